The molecule has 4 rings (SSSR count). The molecular formula is C23H18F2N6O. The lowest BCUT2D eigenvalue weighted by Crippen LogP contribution is -2.22. The van der Waals surface area contributed by atoms with E-state index in [9.17, 15) is 13.6 Å². The van der Waals surface area contributed by atoms with E-state index in [4.69, 9.17) is 12.3 Å². The fourth-order valence-electron chi connectivity index (χ4n) is 3.64. The van der Waals surface area contributed by atoms with Gasteiger partial charge in [0.15, 0.2) is 0 Å². The van der Waals surface area contributed by atoms with Crippen LogP contribution >= 0.6 is 0 Å². The van der Waals surface area contributed by atoms with Crippen LogP contribution in [0.25, 0.3) is 21.5 Å². The van der Waals surface area contributed by atoms with E-state index in [0.29, 0.717) is 23.1 Å². The smallest absolute Gasteiger partial charge is 0.268 e. The Labute approximate surface area is 182 Å². The van der Waals surface area contributed by atoms with Crippen LogP contribution in [-0.4, -0.2) is 14.4 Å². The van der Waals surface area contributed by atoms with Crippen LogP contribution < -0.4 is 16.6 Å². The maximum atomic E-state index is 14.0. The van der Waals surface area contributed by atoms with Gasteiger partial charge in [0.25, 0.3) is 11.2 Å². The van der Waals surface area contributed by atoms with Crippen LogP contribution in [0.5, 0.6) is 0 Å². The average Bonchev–Trinajstić information content (AvgIpc) is 2.78. The molecule has 7 nitrogen and oxygen atoms in total. The highest BCUT2D eigenvalue weighted by Crippen LogP contribution is 2.35. The van der Waals surface area contributed by atoms with Crippen molar-refractivity contribution < 1.29 is 8.78 Å². The summed E-state index contributed by atoms with van der Waals surface area (Å²) in [6, 6.07) is 9.68. The van der Waals surface area contributed by atoms with E-state index in [2.05, 4.69) is 20.1 Å². The largest absolute Gasteiger partial charge is 0.392 e. The van der Waals surface area contributed by atoms with Crippen molar-refractivity contribution in [3.63, 3.8) is 0 Å². The van der Waals surface area contributed by atoms with Gasteiger partial charge in [0, 0.05) is 11.7 Å². The molecule has 0 saturated carbocycles. The van der Waals surface area contributed by atoms with Gasteiger partial charge >= 0.3 is 0 Å². The first kappa shape index (κ1) is 20.9. The highest BCUT2D eigenvalue weighted by molar-refractivity contribution is 5.77. The van der Waals surface area contributed by atoms with Gasteiger partial charge in [-0.1, -0.05) is 19.1 Å². The van der Waals surface area contributed by atoms with Crippen molar-refractivity contribution in [3.05, 3.63) is 94.0 Å². The highest BCUT2D eigenvalue weighted by Gasteiger charge is 2.22. The van der Waals surface area contributed by atoms with E-state index in [1.54, 1.807) is 12.1 Å². The number of nitrogens with zero attached hydrogens (tertiary/aromatic N) is 4. The molecule has 0 spiro atoms. The van der Waals surface area contributed by atoms with Gasteiger partial charge in [-0.2, -0.15) is 0 Å². The van der Waals surface area contributed by atoms with Crippen LogP contribution in [0.4, 0.5) is 26.1 Å². The standard InChI is InChI=1S/C23H18F2N6O/c1-3-18(30-22-20(27-2)21(26)28-12-29-22)17-10-16-8-7-15(25)11-31(16)23(32)19(17)13-5-4-6-14(24)9-13/h4-12,18H,3H2,1H3,(H3,26,28,29,30)/t18-/m1/s1. The Morgan fingerprint density at radius 2 is 2.00 bits per heavy atom. The van der Waals surface area contributed by atoms with Crippen molar-refractivity contribution in [2.75, 3.05) is 11.1 Å². The normalized spacial score (nSPS) is 11.8. The lowest BCUT2D eigenvalue weighted by Gasteiger charge is -2.23. The summed E-state index contributed by atoms with van der Waals surface area (Å²) in [5.74, 6) is -0.812. The van der Waals surface area contributed by atoms with Crippen LogP contribution in [0.3, 0.4) is 0 Å². The van der Waals surface area contributed by atoms with E-state index in [-0.39, 0.29) is 22.9 Å². The topological polar surface area (TPSA) is 89.7 Å². The van der Waals surface area contributed by atoms with Gasteiger partial charge in [0.2, 0.25) is 0 Å². The number of nitrogens with one attached hydrogen (secondary N) is 1. The molecule has 0 radical (unpaired) electrons. The summed E-state index contributed by atoms with van der Waals surface area (Å²) < 4.78 is 29.1. The number of nitrogens with two attached hydrogens (primary N) is 1. The first-order chi connectivity index (χ1) is 15.4. The van der Waals surface area contributed by atoms with Gasteiger partial charge in [-0.25, -0.2) is 23.6 Å². The summed E-state index contributed by atoms with van der Waals surface area (Å²) in [7, 11) is 0. The predicted octanol–water partition coefficient (Wildman–Crippen LogP) is 4.73. The fourth-order valence-corrected chi connectivity index (χ4v) is 3.64. The third kappa shape index (κ3) is 3.74. The Hall–Kier alpha value is -4.32. The summed E-state index contributed by atoms with van der Waals surface area (Å²) in [4.78, 5) is 24.8. The third-order valence-corrected chi connectivity index (χ3v) is 5.14. The number of hydrogen-bond acceptors (Lipinski definition) is 5. The number of hydrogen-bond donors (Lipinski definition) is 2. The van der Waals surface area contributed by atoms with Crippen molar-refractivity contribution in [1.82, 2.24) is 14.4 Å². The Morgan fingerprint density at radius 1 is 1.19 bits per heavy atom. The maximum Gasteiger partial charge on any atom is 0.268 e. The van der Waals surface area contributed by atoms with Crippen LogP contribution in [0.1, 0.15) is 24.9 Å². The molecular weight excluding hydrogens is 414 g/mol. The van der Waals surface area contributed by atoms with Gasteiger partial charge in [-0.3, -0.25) is 9.20 Å². The minimum Gasteiger partial charge on any atom is -0.392 e. The number of fused-ring (bicyclic) bond motifs is 1. The Balaban J connectivity index is 1.97. The number of halogens is 2. The minimum absolute atomic E-state index is 0.0340. The Kier molecular flexibility index (Phi) is 5.52. The first-order valence-electron chi connectivity index (χ1n) is 9.78. The van der Waals surface area contributed by atoms with Crippen LogP contribution in [-0.2, 0) is 0 Å². The molecule has 3 heterocycles. The SMILES string of the molecule is [C-]#[N+]c1c(N)ncnc1N[C@H](CC)c1cc2ccc(F)cn2c(=O)c1-c1cccc(F)c1. The van der Waals surface area contributed by atoms with Crippen molar-refractivity contribution in [1.29, 1.82) is 0 Å². The summed E-state index contributed by atoms with van der Waals surface area (Å²) in [5, 5.41) is 3.17. The molecule has 9 heteroatoms. The molecule has 0 unspecified atom stereocenters. The lowest BCUT2D eigenvalue weighted by molar-refractivity contribution is 0.617. The number of pyridine rings is 2. The number of rotatable bonds is 5. The monoisotopic (exact) mass is 432 g/mol. The van der Waals surface area contributed by atoms with E-state index >= 15 is 0 Å². The summed E-state index contributed by atoms with van der Waals surface area (Å²) >= 11 is 0. The molecule has 0 bridgehead atoms. The van der Waals surface area contributed by atoms with Crippen molar-refractivity contribution >= 4 is 22.8 Å². The Bertz CT molecular complexity index is 1430. The van der Waals surface area contributed by atoms with Crippen molar-refractivity contribution in [2.24, 2.45) is 0 Å². The second-order valence-electron chi connectivity index (χ2n) is 7.11. The van der Waals surface area contributed by atoms with Gasteiger partial charge < -0.3 is 11.1 Å². The summed E-state index contributed by atoms with van der Waals surface area (Å²) in [6.45, 7) is 9.28. The molecule has 32 heavy (non-hydrogen) atoms. The lowest BCUT2D eigenvalue weighted by atomic mass is 9.94. The third-order valence-electron chi connectivity index (χ3n) is 5.14. The highest BCUT2D eigenvalue weighted by atomic mass is 19.1. The molecule has 1 atom stereocenters. The van der Waals surface area contributed by atoms with Crippen LogP contribution in [0.15, 0.2) is 59.8 Å². The van der Waals surface area contributed by atoms with E-state index in [1.165, 1.54) is 41.1 Å². The van der Waals surface area contributed by atoms with Crippen molar-refractivity contribution in [2.45, 2.75) is 19.4 Å². The second-order valence-corrected chi connectivity index (χ2v) is 7.11. The van der Waals surface area contributed by atoms with Crippen LogP contribution in [0.2, 0.25) is 0 Å². The molecule has 0 saturated heterocycles. The molecule has 3 aromatic heterocycles. The van der Waals surface area contributed by atoms with Gasteiger partial charge in [0.1, 0.15) is 29.6 Å². The second kappa shape index (κ2) is 8.43. The van der Waals surface area contributed by atoms with E-state index in [0.717, 1.165) is 6.20 Å². The molecule has 1 aromatic carbocycles. The van der Waals surface area contributed by atoms with E-state index in [1.807, 2.05) is 6.92 Å². The number of nitrogen functional groups attached to an aromatic ring is 1. The van der Waals surface area contributed by atoms with Gasteiger partial charge in [-0.05, 0) is 47.9 Å². The van der Waals surface area contributed by atoms with Gasteiger partial charge in [0.05, 0.1) is 18.2 Å². The zero-order valence-electron chi connectivity index (χ0n) is 17.0. The maximum absolute atomic E-state index is 14.0. The molecule has 0 aliphatic rings. The number of benzene rings is 1. The fraction of sp³-hybridized carbons (Fsp3) is 0.130. The first-order valence-corrected chi connectivity index (χ1v) is 9.78. The summed E-state index contributed by atoms with van der Waals surface area (Å²) in [6.07, 6.45) is 2.84. The Morgan fingerprint density at radius 3 is 2.72 bits per heavy atom. The number of anilines is 2. The van der Waals surface area contributed by atoms with E-state index < -0.39 is 23.2 Å². The minimum atomic E-state index is -0.569. The molecule has 3 N–H and O–H groups in total. The van der Waals surface area contributed by atoms with Crippen molar-refractivity contribution in [3.8, 4) is 11.1 Å². The quantitative estimate of drug-likeness (QED) is 0.445. The molecule has 0 aliphatic heterocycles. The molecule has 0 amide bonds. The van der Waals surface area contributed by atoms with Gasteiger partial charge in [-0.15, -0.1) is 0 Å². The summed E-state index contributed by atoms with van der Waals surface area (Å²) in [5.41, 5.74) is 6.99. The number of aromatic nitrogens is 3. The predicted molar refractivity (Wildman–Crippen MR) is 118 cm³/mol. The molecule has 160 valence electrons. The zero-order valence-corrected chi connectivity index (χ0v) is 17.0. The molecule has 4 aromatic rings. The van der Waals surface area contributed by atoms with Crippen LogP contribution in [0, 0.1) is 18.2 Å². The molecule has 0 aliphatic carbocycles. The molecule has 0 fully saturated rings. The average molecular weight is 432 g/mol. The zero-order chi connectivity index (χ0) is 22.8.